The molecule has 1 heterocycles. The van der Waals surface area contributed by atoms with Crippen molar-refractivity contribution in [3.63, 3.8) is 0 Å². The molecule has 17 heavy (non-hydrogen) atoms. The van der Waals surface area contributed by atoms with Crippen molar-refractivity contribution in [2.75, 3.05) is 30.9 Å². The number of aromatic nitrogens is 2. The highest BCUT2D eigenvalue weighted by Crippen LogP contribution is 2.23. The summed E-state index contributed by atoms with van der Waals surface area (Å²) in [5.41, 5.74) is 6.90. The Kier molecular flexibility index (Phi) is 5.15. The zero-order chi connectivity index (χ0) is 12.8. The molecule has 0 saturated carbocycles. The van der Waals surface area contributed by atoms with Gasteiger partial charge >= 0.3 is 0 Å². The summed E-state index contributed by atoms with van der Waals surface area (Å²) in [7, 11) is 1.70. The van der Waals surface area contributed by atoms with E-state index in [2.05, 4.69) is 35.6 Å². The summed E-state index contributed by atoms with van der Waals surface area (Å²) in [5, 5.41) is 0. The van der Waals surface area contributed by atoms with E-state index in [0.29, 0.717) is 18.5 Å². The summed E-state index contributed by atoms with van der Waals surface area (Å²) < 4.78 is 5.13. The van der Waals surface area contributed by atoms with Crippen molar-refractivity contribution >= 4 is 11.6 Å². The third-order valence-electron chi connectivity index (χ3n) is 2.74. The summed E-state index contributed by atoms with van der Waals surface area (Å²) in [5.74, 6) is 1.49. The van der Waals surface area contributed by atoms with Crippen LogP contribution in [-0.4, -0.2) is 36.3 Å². The van der Waals surface area contributed by atoms with E-state index in [1.807, 2.05) is 0 Å². The number of nitrogen functional groups attached to an aromatic ring is 1. The lowest BCUT2D eigenvalue weighted by Crippen LogP contribution is -2.35. The van der Waals surface area contributed by atoms with Crippen LogP contribution < -0.4 is 10.6 Å². The van der Waals surface area contributed by atoms with Gasteiger partial charge in [0.15, 0.2) is 0 Å². The zero-order valence-electron chi connectivity index (χ0n) is 11.1. The lowest BCUT2D eigenvalue weighted by atomic mass is 10.2. The summed E-state index contributed by atoms with van der Waals surface area (Å²) in [6.45, 7) is 7.80. The highest BCUT2D eigenvalue weighted by Gasteiger charge is 2.17. The number of ether oxygens (including phenoxy) is 1. The second kappa shape index (κ2) is 6.39. The van der Waals surface area contributed by atoms with Crippen molar-refractivity contribution in [3.05, 3.63) is 11.9 Å². The van der Waals surface area contributed by atoms with Gasteiger partial charge in [-0.3, -0.25) is 0 Å². The third-order valence-corrected chi connectivity index (χ3v) is 2.74. The minimum atomic E-state index is 0.352. The Balaban J connectivity index is 3.04. The van der Waals surface area contributed by atoms with Crippen LogP contribution in [0.15, 0.2) is 6.33 Å². The molecule has 1 aromatic heterocycles. The average Bonchev–Trinajstić information content (AvgIpc) is 2.29. The van der Waals surface area contributed by atoms with Crippen LogP contribution in [0, 0.1) is 0 Å². The molecule has 5 nitrogen and oxygen atoms in total. The first kappa shape index (κ1) is 13.7. The van der Waals surface area contributed by atoms with Crippen molar-refractivity contribution in [1.82, 2.24) is 9.97 Å². The maximum atomic E-state index is 5.89. The SMILES string of the molecule is CCc1c(N)ncnc1N(CCOC)C(C)C. The van der Waals surface area contributed by atoms with E-state index >= 15 is 0 Å². The number of nitrogens with zero attached hydrogens (tertiary/aromatic N) is 3. The number of anilines is 2. The molecular formula is C12H22N4O. The molecule has 0 aliphatic carbocycles. The summed E-state index contributed by atoms with van der Waals surface area (Å²) in [6, 6.07) is 0.352. The Labute approximate surface area is 103 Å². The molecule has 96 valence electrons. The van der Waals surface area contributed by atoms with Crippen LogP contribution in [0.4, 0.5) is 11.6 Å². The van der Waals surface area contributed by atoms with E-state index in [9.17, 15) is 0 Å². The van der Waals surface area contributed by atoms with Gasteiger partial charge in [-0.1, -0.05) is 6.92 Å². The number of nitrogens with two attached hydrogens (primary N) is 1. The Bertz CT molecular complexity index is 354. The van der Waals surface area contributed by atoms with Gasteiger partial charge in [-0.2, -0.15) is 0 Å². The minimum Gasteiger partial charge on any atom is -0.383 e. The summed E-state index contributed by atoms with van der Waals surface area (Å²) >= 11 is 0. The highest BCUT2D eigenvalue weighted by atomic mass is 16.5. The van der Waals surface area contributed by atoms with Crippen molar-refractivity contribution in [2.24, 2.45) is 0 Å². The molecule has 0 unspecified atom stereocenters. The fraction of sp³-hybridized carbons (Fsp3) is 0.667. The standard InChI is InChI=1S/C12H22N4O/c1-5-10-11(13)14-8-15-12(10)16(9(2)3)6-7-17-4/h8-9H,5-7H2,1-4H3,(H2,13,14,15). The lowest BCUT2D eigenvalue weighted by molar-refractivity contribution is 0.203. The van der Waals surface area contributed by atoms with Crippen molar-refractivity contribution in [1.29, 1.82) is 0 Å². The fourth-order valence-corrected chi connectivity index (χ4v) is 1.80. The van der Waals surface area contributed by atoms with Crippen LogP contribution in [0.5, 0.6) is 0 Å². The Hall–Kier alpha value is -1.36. The van der Waals surface area contributed by atoms with Crippen LogP contribution in [-0.2, 0) is 11.2 Å². The van der Waals surface area contributed by atoms with Crippen molar-refractivity contribution in [3.8, 4) is 0 Å². The normalized spacial score (nSPS) is 10.9. The van der Waals surface area contributed by atoms with E-state index in [1.54, 1.807) is 7.11 Å². The molecule has 0 saturated heterocycles. The molecule has 0 amide bonds. The van der Waals surface area contributed by atoms with Gasteiger partial charge in [0, 0.05) is 25.3 Å². The average molecular weight is 238 g/mol. The molecule has 2 N–H and O–H groups in total. The molecule has 0 bridgehead atoms. The van der Waals surface area contributed by atoms with Crippen LogP contribution in [0.3, 0.4) is 0 Å². The van der Waals surface area contributed by atoms with Gasteiger partial charge in [0.1, 0.15) is 18.0 Å². The van der Waals surface area contributed by atoms with Crippen LogP contribution in [0.2, 0.25) is 0 Å². The molecule has 0 radical (unpaired) electrons. The minimum absolute atomic E-state index is 0.352. The quantitative estimate of drug-likeness (QED) is 0.813. The molecule has 0 aliphatic heterocycles. The monoisotopic (exact) mass is 238 g/mol. The van der Waals surface area contributed by atoms with Crippen molar-refractivity contribution in [2.45, 2.75) is 33.2 Å². The molecule has 5 heteroatoms. The Morgan fingerprint density at radius 1 is 1.41 bits per heavy atom. The molecular weight excluding hydrogens is 216 g/mol. The predicted molar refractivity (Wildman–Crippen MR) is 70.2 cm³/mol. The first-order chi connectivity index (χ1) is 8.11. The van der Waals surface area contributed by atoms with Gasteiger partial charge in [-0.05, 0) is 20.3 Å². The fourth-order valence-electron chi connectivity index (χ4n) is 1.80. The molecule has 1 aromatic rings. The second-order valence-electron chi connectivity index (χ2n) is 4.19. The third kappa shape index (κ3) is 3.30. The first-order valence-electron chi connectivity index (χ1n) is 5.96. The predicted octanol–water partition coefficient (Wildman–Crippen LogP) is 1.48. The highest BCUT2D eigenvalue weighted by molar-refractivity contribution is 5.57. The van der Waals surface area contributed by atoms with E-state index < -0.39 is 0 Å². The van der Waals surface area contributed by atoms with Gasteiger partial charge < -0.3 is 15.4 Å². The maximum absolute atomic E-state index is 5.89. The van der Waals surface area contributed by atoms with Crippen LogP contribution >= 0.6 is 0 Å². The zero-order valence-corrected chi connectivity index (χ0v) is 11.1. The molecule has 0 aliphatic rings. The van der Waals surface area contributed by atoms with E-state index in [1.165, 1.54) is 6.33 Å². The number of hydrogen-bond donors (Lipinski definition) is 1. The van der Waals surface area contributed by atoms with Crippen LogP contribution in [0.25, 0.3) is 0 Å². The summed E-state index contributed by atoms with van der Waals surface area (Å²) in [6.07, 6.45) is 2.35. The Morgan fingerprint density at radius 3 is 2.65 bits per heavy atom. The molecule has 0 aromatic carbocycles. The van der Waals surface area contributed by atoms with E-state index in [0.717, 1.165) is 24.3 Å². The van der Waals surface area contributed by atoms with Crippen LogP contribution in [0.1, 0.15) is 26.3 Å². The number of hydrogen-bond acceptors (Lipinski definition) is 5. The summed E-state index contributed by atoms with van der Waals surface area (Å²) in [4.78, 5) is 10.6. The maximum Gasteiger partial charge on any atom is 0.137 e. The molecule has 0 atom stereocenters. The van der Waals surface area contributed by atoms with E-state index in [-0.39, 0.29) is 0 Å². The second-order valence-corrected chi connectivity index (χ2v) is 4.19. The van der Waals surface area contributed by atoms with Gasteiger partial charge in [0.25, 0.3) is 0 Å². The smallest absolute Gasteiger partial charge is 0.137 e. The molecule has 0 spiro atoms. The molecule has 1 rings (SSSR count). The largest absolute Gasteiger partial charge is 0.383 e. The van der Waals surface area contributed by atoms with Gasteiger partial charge in [-0.25, -0.2) is 9.97 Å². The van der Waals surface area contributed by atoms with Gasteiger partial charge in [-0.15, -0.1) is 0 Å². The van der Waals surface area contributed by atoms with Gasteiger partial charge in [0.2, 0.25) is 0 Å². The number of methoxy groups -OCH3 is 1. The molecule has 0 fully saturated rings. The lowest BCUT2D eigenvalue weighted by Gasteiger charge is -2.29. The van der Waals surface area contributed by atoms with Crippen molar-refractivity contribution < 1.29 is 4.74 Å². The number of rotatable bonds is 6. The van der Waals surface area contributed by atoms with E-state index in [4.69, 9.17) is 10.5 Å². The topological polar surface area (TPSA) is 64.3 Å². The Morgan fingerprint density at radius 2 is 2.12 bits per heavy atom. The first-order valence-corrected chi connectivity index (χ1v) is 5.96. The van der Waals surface area contributed by atoms with Gasteiger partial charge in [0.05, 0.1) is 6.61 Å².